The molecule has 2 heterocycles. The van der Waals surface area contributed by atoms with E-state index in [1.54, 1.807) is 6.08 Å². The molecule has 3 nitrogen and oxygen atoms in total. The summed E-state index contributed by atoms with van der Waals surface area (Å²) in [7, 11) is 0. The zero-order chi connectivity index (χ0) is 18.6. The molecule has 4 rings (SSSR count). The number of rotatable bonds is 5. The molecule has 132 valence electrons. The van der Waals surface area contributed by atoms with Gasteiger partial charge in [-0.15, -0.1) is 0 Å². The molecule has 0 aliphatic carbocycles. The predicted octanol–water partition coefficient (Wildman–Crippen LogP) is 6.29. The fraction of sp³-hybridized carbons (Fsp3) is 0. The molecule has 0 atom stereocenters. The second-order valence-electron chi connectivity index (χ2n) is 6.05. The molecule has 2 aromatic heterocycles. The summed E-state index contributed by atoms with van der Waals surface area (Å²) in [6.07, 6.45) is 7.12. The van der Waals surface area contributed by atoms with E-state index in [1.165, 1.54) is 6.08 Å². The van der Waals surface area contributed by atoms with Gasteiger partial charge in [-0.3, -0.25) is 4.79 Å². The number of ketones is 1. The fourth-order valence-corrected chi connectivity index (χ4v) is 2.99. The fourth-order valence-electron chi connectivity index (χ4n) is 2.80. The molecule has 0 amide bonds. The summed E-state index contributed by atoms with van der Waals surface area (Å²) in [5, 5.41) is 0.652. The van der Waals surface area contributed by atoms with Gasteiger partial charge >= 0.3 is 0 Å². The molecular weight excluding hydrogens is 358 g/mol. The third kappa shape index (κ3) is 3.94. The van der Waals surface area contributed by atoms with Crippen LogP contribution in [0.5, 0.6) is 0 Å². The molecular formula is C23H16ClNO2. The molecule has 0 aliphatic rings. The van der Waals surface area contributed by atoms with Gasteiger partial charge in [0.1, 0.15) is 11.5 Å². The highest BCUT2D eigenvalue weighted by atomic mass is 35.5. The molecule has 0 saturated carbocycles. The average Bonchev–Trinajstić information content (AvgIpc) is 3.38. The van der Waals surface area contributed by atoms with E-state index in [1.807, 2.05) is 89.8 Å². The lowest BCUT2D eigenvalue weighted by molar-refractivity contribution is 0.104. The Labute approximate surface area is 162 Å². The van der Waals surface area contributed by atoms with E-state index in [9.17, 15) is 4.79 Å². The van der Waals surface area contributed by atoms with Gasteiger partial charge in [0, 0.05) is 34.2 Å². The Balaban J connectivity index is 1.47. The molecule has 27 heavy (non-hydrogen) atoms. The SMILES string of the molecule is O=C(/C=C/c1ccc(-c2cccc(Cl)c2)o1)c1ccc(-n2cccc2)cc1. The summed E-state index contributed by atoms with van der Waals surface area (Å²) in [6.45, 7) is 0. The van der Waals surface area contributed by atoms with Gasteiger partial charge in [-0.1, -0.05) is 23.7 Å². The van der Waals surface area contributed by atoms with Gasteiger partial charge in [-0.2, -0.15) is 0 Å². The van der Waals surface area contributed by atoms with Crippen molar-refractivity contribution in [1.82, 2.24) is 4.57 Å². The quantitative estimate of drug-likeness (QED) is 0.304. The number of aromatic nitrogens is 1. The van der Waals surface area contributed by atoms with Crippen molar-refractivity contribution in [3.05, 3.63) is 108 Å². The summed E-state index contributed by atoms with van der Waals surface area (Å²) in [5.74, 6) is 1.25. The Hall–Kier alpha value is -3.30. The van der Waals surface area contributed by atoms with Crippen molar-refractivity contribution < 1.29 is 9.21 Å². The van der Waals surface area contributed by atoms with Crippen molar-refractivity contribution in [2.75, 3.05) is 0 Å². The number of nitrogens with zero attached hydrogens (tertiary/aromatic N) is 1. The molecule has 0 saturated heterocycles. The first-order chi connectivity index (χ1) is 13.2. The van der Waals surface area contributed by atoms with Crippen molar-refractivity contribution >= 4 is 23.5 Å². The number of hydrogen-bond acceptors (Lipinski definition) is 2. The lowest BCUT2D eigenvalue weighted by Gasteiger charge is -2.03. The number of halogens is 1. The Morgan fingerprint density at radius 2 is 1.70 bits per heavy atom. The monoisotopic (exact) mass is 373 g/mol. The normalized spacial score (nSPS) is 11.1. The number of carbonyl (C=O) groups excluding carboxylic acids is 1. The standard InChI is InChI=1S/C23H16ClNO2/c24-19-5-3-4-18(16-19)23-13-11-21(27-23)10-12-22(26)17-6-8-20(9-7-17)25-14-1-2-15-25/h1-16H/b12-10+. The van der Waals surface area contributed by atoms with E-state index < -0.39 is 0 Å². The van der Waals surface area contributed by atoms with Gasteiger partial charge in [-0.05, 0) is 72.8 Å². The molecule has 0 bridgehead atoms. The van der Waals surface area contributed by atoms with E-state index >= 15 is 0 Å². The van der Waals surface area contributed by atoms with Crippen LogP contribution in [-0.4, -0.2) is 10.4 Å². The van der Waals surface area contributed by atoms with Gasteiger partial charge in [0.05, 0.1) is 0 Å². The van der Waals surface area contributed by atoms with Crippen LogP contribution in [-0.2, 0) is 0 Å². The second-order valence-corrected chi connectivity index (χ2v) is 6.48. The first-order valence-electron chi connectivity index (χ1n) is 8.51. The van der Waals surface area contributed by atoms with Crippen molar-refractivity contribution in [2.24, 2.45) is 0 Å². The first-order valence-corrected chi connectivity index (χ1v) is 8.88. The van der Waals surface area contributed by atoms with Crippen LogP contribution in [0, 0.1) is 0 Å². The lowest BCUT2D eigenvalue weighted by Crippen LogP contribution is -1.95. The molecule has 2 aromatic carbocycles. The third-order valence-electron chi connectivity index (χ3n) is 4.19. The van der Waals surface area contributed by atoms with Crippen LogP contribution in [0.15, 0.2) is 95.7 Å². The lowest BCUT2D eigenvalue weighted by atomic mass is 10.1. The van der Waals surface area contributed by atoms with Crippen molar-refractivity contribution in [3.8, 4) is 17.0 Å². The van der Waals surface area contributed by atoms with Crippen LogP contribution < -0.4 is 0 Å². The molecule has 0 aliphatic heterocycles. The second kappa shape index (κ2) is 7.52. The van der Waals surface area contributed by atoms with Crippen molar-refractivity contribution in [1.29, 1.82) is 0 Å². The molecule has 4 aromatic rings. The Morgan fingerprint density at radius 1 is 0.926 bits per heavy atom. The highest BCUT2D eigenvalue weighted by Gasteiger charge is 2.06. The average molecular weight is 374 g/mol. The van der Waals surface area contributed by atoms with E-state index in [0.717, 1.165) is 11.3 Å². The minimum Gasteiger partial charge on any atom is -0.457 e. The maximum Gasteiger partial charge on any atom is 0.185 e. The minimum absolute atomic E-state index is 0.0743. The highest BCUT2D eigenvalue weighted by molar-refractivity contribution is 6.30. The number of allylic oxidation sites excluding steroid dienone is 1. The Kier molecular flexibility index (Phi) is 4.77. The summed E-state index contributed by atoms with van der Waals surface area (Å²) in [5.41, 5.74) is 2.54. The smallest absolute Gasteiger partial charge is 0.185 e. The van der Waals surface area contributed by atoms with E-state index in [2.05, 4.69) is 0 Å². The zero-order valence-corrected chi connectivity index (χ0v) is 15.1. The molecule has 0 radical (unpaired) electrons. The number of carbonyl (C=O) groups is 1. The van der Waals surface area contributed by atoms with Gasteiger partial charge in [0.15, 0.2) is 5.78 Å². The molecule has 4 heteroatoms. The van der Waals surface area contributed by atoms with Crippen LogP contribution in [0.4, 0.5) is 0 Å². The number of furan rings is 1. The summed E-state index contributed by atoms with van der Waals surface area (Å²) >= 11 is 6.01. The highest BCUT2D eigenvalue weighted by Crippen LogP contribution is 2.25. The number of hydrogen-bond donors (Lipinski definition) is 0. The summed E-state index contributed by atoms with van der Waals surface area (Å²) < 4.78 is 7.77. The van der Waals surface area contributed by atoms with Crippen LogP contribution in [0.1, 0.15) is 16.1 Å². The van der Waals surface area contributed by atoms with Gasteiger partial charge in [0.25, 0.3) is 0 Å². The Bertz CT molecular complexity index is 1090. The van der Waals surface area contributed by atoms with Crippen LogP contribution in [0.25, 0.3) is 23.1 Å². The minimum atomic E-state index is -0.0743. The first kappa shape index (κ1) is 17.1. The van der Waals surface area contributed by atoms with Gasteiger partial charge < -0.3 is 8.98 Å². The zero-order valence-electron chi connectivity index (χ0n) is 14.4. The molecule has 0 N–H and O–H groups in total. The predicted molar refractivity (Wildman–Crippen MR) is 108 cm³/mol. The Morgan fingerprint density at radius 3 is 2.44 bits per heavy atom. The summed E-state index contributed by atoms with van der Waals surface area (Å²) in [6, 6.07) is 22.6. The maximum atomic E-state index is 12.4. The van der Waals surface area contributed by atoms with E-state index in [4.69, 9.17) is 16.0 Å². The number of benzene rings is 2. The molecule has 0 spiro atoms. The molecule has 0 fully saturated rings. The van der Waals surface area contributed by atoms with E-state index in [-0.39, 0.29) is 5.78 Å². The van der Waals surface area contributed by atoms with Gasteiger partial charge in [-0.25, -0.2) is 0 Å². The molecule has 0 unspecified atom stereocenters. The summed E-state index contributed by atoms with van der Waals surface area (Å²) in [4.78, 5) is 12.4. The van der Waals surface area contributed by atoms with Crippen LogP contribution in [0.2, 0.25) is 5.02 Å². The largest absolute Gasteiger partial charge is 0.457 e. The third-order valence-corrected chi connectivity index (χ3v) is 4.42. The van der Waals surface area contributed by atoms with Gasteiger partial charge in [0.2, 0.25) is 0 Å². The van der Waals surface area contributed by atoms with Crippen molar-refractivity contribution in [2.45, 2.75) is 0 Å². The van der Waals surface area contributed by atoms with Crippen LogP contribution >= 0.6 is 11.6 Å². The van der Waals surface area contributed by atoms with E-state index in [0.29, 0.717) is 22.1 Å². The van der Waals surface area contributed by atoms with Crippen molar-refractivity contribution in [3.63, 3.8) is 0 Å². The maximum absolute atomic E-state index is 12.4. The topological polar surface area (TPSA) is 35.1 Å². The van der Waals surface area contributed by atoms with Crippen LogP contribution in [0.3, 0.4) is 0 Å².